The number of hydrogen-bond acceptors (Lipinski definition) is 8. The number of ether oxygens (including phenoxy) is 2. The van der Waals surface area contributed by atoms with Gasteiger partial charge in [-0.15, -0.1) is 5.10 Å². The van der Waals surface area contributed by atoms with Crippen molar-refractivity contribution >= 4 is 5.95 Å². The second kappa shape index (κ2) is 6.81. The minimum Gasteiger partial charge on any atom is -0.467 e. The van der Waals surface area contributed by atoms with Crippen LogP contribution in [0.4, 0.5) is 5.95 Å². The highest BCUT2D eigenvalue weighted by molar-refractivity contribution is 5.57. The SMILES string of the molecule is COc1nc(N2CCOCC2)nc(-n2cc(-c3ccccc3)nn2)n1. The Morgan fingerprint density at radius 3 is 2.52 bits per heavy atom. The molecular formula is C16H17N7O2. The molecular weight excluding hydrogens is 322 g/mol. The fourth-order valence-electron chi connectivity index (χ4n) is 2.54. The van der Waals surface area contributed by atoms with Gasteiger partial charge in [0.15, 0.2) is 0 Å². The largest absolute Gasteiger partial charge is 0.467 e. The summed E-state index contributed by atoms with van der Waals surface area (Å²) in [4.78, 5) is 15.2. The van der Waals surface area contributed by atoms with Gasteiger partial charge in [-0.3, -0.25) is 0 Å². The third-order valence-corrected chi connectivity index (χ3v) is 3.84. The highest BCUT2D eigenvalue weighted by atomic mass is 16.5. The molecule has 0 N–H and O–H groups in total. The molecule has 0 spiro atoms. The Morgan fingerprint density at radius 2 is 1.76 bits per heavy atom. The van der Waals surface area contributed by atoms with Gasteiger partial charge in [0.25, 0.3) is 5.95 Å². The average molecular weight is 339 g/mol. The maximum atomic E-state index is 5.37. The van der Waals surface area contributed by atoms with E-state index in [1.165, 1.54) is 11.8 Å². The molecule has 4 rings (SSSR count). The minimum absolute atomic E-state index is 0.239. The molecule has 1 aliphatic heterocycles. The first-order valence-corrected chi connectivity index (χ1v) is 7.94. The van der Waals surface area contributed by atoms with Crippen LogP contribution in [0.2, 0.25) is 0 Å². The quantitative estimate of drug-likeness (QED) is 0.694. The molecule has 0 bridgehead atoms. The van der Waals surface area contributed by atoms with E-state index in [2.05, 4.69) is 25.3 Å². The molecule has 9 heteroatoms. The van der Waals surface area contributed by atoms with Crippen molar-refractivity contribution in [3.05, 3.63) is 36.5 Å². The number of benzene rings is 1. The normalized spacial score (nSPS) is 14.5. The van der Waals surface area contributed by atoms with E-state index in [-0.39, 0.29) is 6.01 Å². The number of morpholine rings is 1. The summed E-state index contributed by atoms with van der Waals surface area (Å²) in [5.41, 5.74) is 1.72. The zero-order valence-corrected chi connectivity index (χ0v) is 13.7. The predicted octanol–water partition coefficient (Wildman–Crippen LogP) is 0.964. The highest BCUT2D eigenvalue weighted by Gasteiger charge is 2.18. The highest BCUT2D eigenvalue weighted by Crippen LogP contribution is 2.18. The third kappa shape index (κ3) is 3.26. The molecule has 3 heterocycles. The smallest absolute Gasteiger partial charge is 0.322 e. The molecule has 0 unspecified atom stereocenters. The van der Waals surface area contributed by atoms with Crippen molar-refractivity contribution in [3.63, 3.8) is 0 Å². The zero-order valence-electron chi connectivity index (χ0n) is 13.7. The van der Waals surface area contributed by atoms with Gasteiger partial charge >= 0.3 is 6.01 Å². The average Bonchev–Trinajstić information content (AvgIpc) is 3.19. The van der Waals surface area contributed by atoms with Crippen LogP contribution in [0.1, 0.15) is 0 Å². The second-order valence-electron chi connectivity index (χ2n) is 5.44. The van der Waals surface area contributed by atoms with Crippen LogP contribution >= 0.6 is 0 Å². The van der Waals surface area contributed by atoms with Crippen LogP contribution in [-0.4, -0.2) is 63.4 Å². The maximum absolute atomic E-state index is 5.37. The number of methoxy groups -OCH3 is 1. The van der Waals surface area contributed by atoms with Gasteiger partial charge in [0.05, 0.1) is 26.5 Å². The Balaban J connectivity index is 1.69. The van der Waals surface area contributed by atoms with E-state index < -0.39 is 0 Å². The Labute approximate surface area is 144 Å². The van der Waals surface area contributed by atoms with Gasteiger partial charge in [-0.05, 0) is 0 Å². The van der Waals surface area contributed by atoms with Gasteiger partial charge in [0.2, 0.25) is 5.95 Å². The van der Waals surface area contributed by atoms with E-state index in [9.17, 15) is 0 Å². The number of aromatic nitrogens is 6. The maximum Gasteiger partial charge on any atom is 0.322 e. The van der Waals surface area contributed by atoms with E-state index in [1.54, 1.807) is 6.20 Å². The summed E-state index contributed by atoms with van der Waals surface area (Å²) >= 11 is 0. The van der Waals surface area contributed by atoms with E-state index in [0.29, 0.717) is 25.1 Å². The molecule has 0 aliphatic carbocycles. The summed E-state index contributed by atoms with van der Waals surface area (Å²) < 4.78 is 12.1. The van der Waals surface area contributed by atoms with Crippen LogP contribution in [0.5, 0.6) is 6.01 Å². The van der Waals surface area contributed by atoms with Crippen molar-refractivity contribution in [3.8, 4) is 23.2 Å². The van der Waals surface area contributed by atoms with Crippen molar-refractivity contribution in [1.82, 2.24) is 29.9 Å². The third-order valence-electron chi connectivity index (χ3n) is 3.84. The van der Waals surface area contributed by atoms with Crippen LogP contribution in [0.15, 0.2) is 36.5 Å². The van der Waals surface area contributed by atoms with E-state index in [1.807, 2.05) is 35.2 Å². The fraction of sp³-hybridized carbons (Fsp3) is 0.312. The Hall–Kier alpha value is -3.07. The van der Waals surface area contributed by atoms with Crippen molar-refractivity contribution in [1.29, 1.82) is 0 Å². The van der Waals surface area contributed by atoms with Crippen LogP contribution < -0.4 is 9.64 Å². The minimum atomic E-state index is 0.239. The standard InChI is InChI=1S/C16H17N7O2/c1-24-16-18-14(22-7-9-25-10-8-22)17-15(19-16)23-11-13(20-21-23)12-5-3-2-4-6-12/h2-6,11H,7-10H2,1H3. The van der Waals surface area contributed by atoms with Gasteiger partial charge < -0.3 is 14.4 Å². The number of anilines is 1. The molecule has 1 saturated heterocycles. The van der Waals surface area contributed by atoms with Crippen molar-refractivity contribution in [2.75, 3.05) is 38.3 Å². The summed E-state index contributed by atoms with van der Waals surface area (Å²) in [6, 6.07) is 10.1. The Kier molecular flexibility index (Phi) is 4.21. The topological polar surface area (TPSA) is 91.1 Å². The number of hydrogen-bond donors (Lipinski definition) is 0. The number of nitrogens with zero attached hydrogens (tertiary/aromatic N) is 7. The van der Waals surface area contributed by atoms with E-state index in [4.69, 9.17) is 9.47 Å². The molecule has 1 aromatic carbocycles. The number of rotatable bonds is 4. The summed E-state index contributed by atoms with van der Waals surface area (Å²) in [7, 11) is 1.53. The lowest BCUT2D eigenvalue weighted by Gasteiger charge is -2.26. The second-order valence-corrected chi connectivity index (χ2v) is 5.44. The fourth-order valence-corrected chi connectivity index (χ4v) is 2.54. The van der Waals surface area contributed by atoms with Crippen LogP contribution in [0, 0.1) is 0 Å². The summed E-state index contributed by atoms with van der Waals surface area (Å²) in [6.45, 7) is 2.73. The van der Waals surface area contributed by atoms with E-state index >= 15 is 0 Å². The molecule has 1 aliphatic rings. The zero-order chi connectivity index (χ0) is 17.1. The molecule has 0 atom stereocenters. The van der Waals surface area contributed by atoms with Crippen molar-refractivity contribution in [2.24, 2.45) is 0 Å². The summed E-state index contributed by atoms with van der Waals surface area (Å²) in [6.07, 6.45) is 1.78. The van der Waals surface area contributed by atoms with Gasteiger partial charge in [-0.2, -0.15) is 19.6 Å². The Morgan fingerprint density at radius 1 is 1.00 bits per heavy atom. The monoisotopic (exact) mass is 339 g/mol. The van der Waals surface area contributed by atoms with Crippen LogP contribution in [0.25, 0.3) is 17.2 Å². The lowest BCUT2D eigenvalue weighted by Crippen LogP contribution is -2.37. The lowest BCUT2D eigenvalue weighted by molar-refractivity contribution is 0.122. The van der Waals surface area contributed by atoms with Crippen LogP contribution in [-0.2, 0) is 4.74 Å². The molecule has 1 fully saturated rings. The van der Waals surface area contributed by atoms with Crippen molar-refractivity contribution < 1.29 is 9.47 Å². The molecule has 25 heavy (non-hydrogen) atoms. The molecule has 3 aromatic rings. The molecule has 0 saturated carbocycles. The van der Waals surface area contributed by atoms with Crippen molar-refractivity contribution in [2.45, 2.75) is 0 Å². The van der Waals surface area contributed by atoms with Gasteiger partial charge in [0.1, 0.15) is 5.69 Å². The van der Waals surface area contributed by atoms with E-state index in [0.717, 1.165) is 24.3 Å². The molecule has 128 valence electrons. The predicted molar refractivity (Wildman–Crippen MR) is 89.8 cm³/mol. The molecule has 2 aromatic heterocycles. The molecule has 0 amide bonds. The summed E-state index contributed by atoms with van der Waals surface area (Å²) in [5, 5.41) is 8.34. The van der Waals surface area contributed by atoms with Gasteiger partial charge in [0, 0.05) is 18.7 Å². The first-order chi connectivity index (χ1) is 12.3. The lowest BCUT2D eigenvalue weighted by atomic mass is 10.2. The molecule has 9 nitrogen and oxygen atoms in total. The first kappa shape index (κ1) is 15.5. The first-order valence-electron chi connectivity index (χ1n) is 7.94. The molecule has 0 radical (unpaired) electrons. The van der Waals surface area contributed by atoms with Gasteiger partial charge in [-0.25, -0.2) is 0 Å². The summed E-state index contributed by atoms with van der Waals surface area (Å²) in [5.74, 6) is 0.907. The Bertz CT molecular complexity index is 847. The van der Waals surface area contributed by atoms with Gasteiger partial charge in [-0.1, -0.05) is 35.5 Å². The van der Waals surface area contributed by atoms with Crippen LogP contribution in [0.3, 0.4) is 0 Å².